The largest absolute Gasteiger partial charge is 0.327 e. The molecule has 0 unspecified atom stereocenters. The molecule has 25 heavy (non-hydrogen) atoms. The molecule has 0 fully saturated rings. The number of benzene rings is 2. The molecule has 0 aliphatic heterocycles. The molecule has 2 aromatic heterocycles. The van der Waals surface area contributed by atoms with Crippen molar-refractivity contribution in [3.05, 3.63) is 78.1 Å². The van der Waals surface area contributed by atoms with Crippen molar-refractivity contribution in [3.63, 3.8) is 0 Å². The number of rotatable bonds is 1. The van der Waals surface area contributed by atoms with Crippen LogP contribution in [0.5, 0.6) is 0 Å². The third-order valence-electron chi connectivity index (χ3n) is 4.03. The van der Waals surface area contributed by atoms with Crippen molar-refractivity contribution in [1.82, 2.24) is 19.5 Å². The molecule has 0 aliphatic carbocycles. The molecular weight excluding hydrogens is 308 g/mol. The fourth-order valence-electron chi connectivity index (χ4n) is 2.73. The highest BCUT2D eigenvalue weighted by molar-refractivity contribution is 5.80. The maximum atomic E-state index is 4.61. The Labute approximate surface area is 146 Å². The van der Waals surface area contributed by atoms with E-state index >= 15 is 0 Å². The zero-order valence-corrected chi connectivity index (χ0v) is 14.1. The van der Waals surface area contributed by atoms with Gasteiger partial charge in [0.25, 0.3) is 0 Å². The molecule has 0 spiro atoms. The van der Waals surface area contributed by atoms with E-state index in [1.807, 2.05) is 79.3 Å². The molecule has 2 heterocycles. The minimum absolute atomic E-state index is 0.514. The maximum Gasteiger partial charge on any atom is 0.206 e. The summed E-state index contributed by atoms with van der Waals surface area (Å²) in [5.74, 6) is 7.33. The lowest BCUT2D eigenvalue weighted by atomic mass is 10.2. The third-order valence-corrected chi connectivity index (χ3v) is 4.03. The second-order valence-corrected chi connectivity index (χ2v) is 5.83. The van der Waals surface area contributed by atoms with Gasteiger partial charge < -0.3 is 4.57 Å². The topological polar surface area (TPSA) is 43.6 Å². The van der Waals surface area contributed by atoms with Crippen LogP contribution < -0.4 is 0 Å². The Kier molecular flexibility index (Phi) is 3.75. The molecule has 0 saturated carbocycles. The lowest BCUT2D eigenvalue weighted by molar-refractivity contribution is 0.893. The highest BCUT2D eigenvalue weighted by Gasteiger charge is 2.05. The van der Waals surface area contributed by atoms with Crippen molar-refractivity contribution in [2.24, 2.45) is 7.05 Å². The van der Waals surface area contributed by atoms with Crippen LogP contribution in [-0.2, 0) is 7.05 Å². The van der Waals surface area contributed by atoms with Gasteiger partial charge >= 0.3 is 0 Å². The molecule has 120 valence electrons. The average molecular weight is 324 g/mol. The number of hydrogen-bond donors (Lipinski definition) is 0. The van der Waals surface area contributed by atoms with Gasteiger partial charge in [0.05, 0.1) is 11.2 Å². The Morgan fingerprint density at radius 1 is 0.840 bits per heavy atom. The van der Waals surface area contributed by atoms with Gasteiger partial charge in [0.15, 0.2) is 5.82 Å². The van der Waals surface area contributed by atoms with Gasteiger partial charge in [-0.15, -0.1) is 0 Å². The zero-order chi connectivity index (χ0) is 17.2. The summed E-state index contributed by atoms with van der Waals surface area (Å²) in [6.45, 7) is 1.98. The fraction of sp³-hybridized carbons (Fsp3) is 0.0952. The van der Waals surface area contributed by atoms with Crippen molar-refractivity contribution in [2.45, 2.75) is 6.92 Å². The van der Waals surface area contributed by atoms with Crippen molar-refractivity contribution in [2.75, 3.05) is 0 Å². The van der Waals surface area contributed by atoms with Crippen molar-refractivity contribution in [3.8, 4) is 23.1 Å². The number of nitrogens with zero attached hydrogens (tertiary/aromatic N) is 4. The lowest BCUT2D eigenvalue weighted by Gasteiger charge is -2.00. The van der Waals surface area contributed by atoms with E-state index in [0.717, 1.165) is 27.9 Å². The first-order chi connectivity index (χ1) is 12.2. The second-order valence-electron chi connectivity index (χ2n) is 5.83. The molecule has 4 nitrogen and oxygen atoms in total. The number of hydrogen-bond acceptors (Lipinski definition) is 3. The quantitative estimate of drug-likeness (QED) is 0.501. The summed E-state index contributed by atoms with van der Waals surface area (Å²) < 4.78 is 1.92. The van der Waals surface area contributed by atoms with E-state index < -0.39 is 0 Å². The number of aryl methyl sites for hydroxylation is 2. The van der Waals surface area contributed by atoms with Gasteiger partial charge in [0.2, 0.25) is 5.82 Å². The Hall–Kier alpha value is -3.45. The fourth-order valence-corrected chi connectivity index (χ4v) is 2.73. The van der Waals surface area contributed by atoms with Crippen LogP contribution in [0.15, 0.2) is 60.8 Å². The summed E-state index contributed by atoms with van der Waals surface area (Å²) in [6.07, 6.45) is 1.98. The van der Waals surface area contributed by atoms with Crippen LogP contribution in [0.1, 0.15) is 17.3 Å². The predicted octanol–water partition coefficient (Wildman–Crippen LogP) is 3.74. The van der Waals surface area contributed by atoms with Gasteiger partial charge in [-0.3, -0.25) is 0 Å². The zero-order valence-electron chi connectivity index (χ0n) is 14.1. The molecule has 0 bridgehead atoms. The molecule has 4 rings (SSSR count). The van der Waals surface area contributed by atoms with Crippen LogP contribution in [0.4, 0.5) is 0 Å². The third kappa shape index (κ3) is 3.00. The van der Waals surface area contributed by atoms with E-state index in [-0.39, 0.29) is 0 Å². The molecule has 0 aliphatic rings. The SMILES string of the molecule is Cc1nc(C#Cc2nc(-c3ccccc3)cn2C)nc2ccccc12. The maximum absolute atomic E-state index is 4.61. The first-order valence-electron chi connectivity index (χ1n) is 8.05. The Bertz CT molecular complexity index is 1120. The predicted molar refractivity (Wildman–Crippen MR) is 98.9 cm³/mol. The van der Waals surface area contributed by atoms with E-state index in [9.17, 15) is 0 Å². The highest BCUT2D eigenvalue weighted by atomic mass is 15.0. The van der Waals surface area contributed by atoms with Gasteiger partial charge in [-0.25, -0.2) is 15.0 Å². The van der Waals surface area contributed by atoms with Crippen molar-refractivity contribution in [1.29, 1.82) is 0 Å². The Balaban J connectivity index is 1.71. The normalized spacial score (nSPS) is 10.5. The van der Waals surface area contributed by atoms with Crippen LogP contribution in [0.25, 0.3) is 22.2 Å². The molecule has 2 aromatic carbocycles. The van der Waals surface area contributed by atoms with Gasteiger partial charge in [-0.2, -0.15) is 0 Å². The monoisotopic (exact) mass is 324 g/mol. The van der Waals surface area contributed by atoms with Crippen LogP contribution in [0.3, 0.4) is 0 Å². The van der Waals surface area contributed by atoms with E-state index in [4.69, 9.17) is 0 Å². The van der Waals surface area contributed by atoms with Gasteiger partial charge in [-0.1, -0.05) is 48.5 Å². The molecule has 4 heteroatoms. The summed E-state index contributed by atoms with van der Waals surface area (Å²) in [4.78, 5) is 13.6. The number of para-hydroxylation sites is 1. The summed E-state index contributed by atoms with van der Waals surface area (Å²) in [5.41, 5.74) is 3.82. The summed E-state index contributed by atoms with van der Waals surface area (Å²) >= 11 is 0. The minimum Gasteiger partial charge on any atom is -0.327 e. The van der Waals surface area contributed by atoms with Crippen LogP contribution >= 0.6 is 0 Å². The first-order valence-corrected chi connectivity index (χ1v) is 8.05. The lowest BCUT2D eigenvalue weighted by Crippen LogP contribution is -1.95. The molecule has 0 saturated heterocycles. The Morgan fingerprint density at radius 3 is 2.44 bits per heavy atom. The molecule has 0 radical (unpaired) electrons. The number of aromatic nitrogens is 4. The highest BCUT2D eigenvalue weighted by Crippen LogP contribution is 2.17. The Morgan fingerprint density at radius 2 is 1.60 bits per heavy atom. The smallest absolute Gasteiger partial charge is 0.206 e. The second kappa shape index (κ2) is 6.21. The van der Waals surface area contributed by atoms with Crippen molar-refractivity contribution >= 4 is 10.9 Å². The molecule has 0 N–H and O–H groups in total. The molecule has 0 atom stereocenters. The standard InChI is InChI=1S/C21H16N4/c1-15-17-10-6-7-11-18(17)23-20(22-15)12-13-21-24-19(14-25(21)2)16-8-4-3-5-9-16/h3-11,14H,1-2H3. The number of imidazole rings is 1. The summed E-state index contributed by atoms with van der Waals surface area (Å²) in [6, 6.07) is 18.0. The van der Waals surface area contributed by atoms with E-state index in [1.165, 1.54) is 0 Å². The van der Waals surface area contributed by atoms with Gasteiger partial charge in [0, 0.05) is 29.9 Å². The molecular formula is C21H16N4. The summed E-state index contributed by atoms with van der Waals surface area (Å²) in [7, 11) is 1.94. The average Bonchev–Trinajstić information content (AvgIpc) is 3.02. The number of fused-ring (bicyclic) bond motifs is 1. The van der Waals surface area contributed by atoms with Crippen LogP contribution in [0.2, 0.25) is 0 Å². The molecule has 4 aromatic rings. The van der Waals surface area contributed by atoms with Gasteiger partial charge in [-0.05, 0) is 24.8 Å². The van der Waals surface area contributed by atoms with E-state index in [0.29, 0.717) is 11.6 Å². The van der Waals surface area contributed by atoms with Crippen LogP contribution in [-0.4, -0.2) is 19.5 Å². The van der Waals surface area contributed by atoms with Crippen LogP contribution in [0, 0.1) is 18.8 Å². The van der Waals surface area contributed by atoms with E-state index in [1.54, 1.807) is 0 Å². The molecule has 0 amide bonds. The summed E-state index contributed by atoms with van der Waals surface area (Å²) in [5, 5.41) is 1.05. The van der Waals surface area contributed by atoms with Crippen molar-refractivity contribution < 1.29 is 0 Å². The van der Waals surface area contributed by atoms with E-state index in [2.05, 4.69) is 26.8 Å². The van der Waals surface area contributed by atoms with Gasteiger partial charge in [0.1, 0.15) is 0 Å². The first kappa shape index (κ1) is 15.1. The minimum atomic E-state index is 0.514.